The number of carbonyl (C=O) groups is 1. The standard InChI is InChI=1S/C26H30Cl2N8O/c1-16-7-8-20(31-25(37)17-11-18(27)13-19(28)12-17)14-22(16)32-23-21-15-30-26(33-24(21)36(4)34-23)29-9-5-6-10-35(2)3/h7-8,11-15H,5-6,9-10H2,1-4H3,(H,31,37)(H,32,34)(H,29,30,33). The number of aromatic nitrogens is 4. The van der Waals surface area contributed by atoms with Gasteiger partial charge < -0.3 is 20.9 Å². The molecule has 0 atom stereocenters. The number of anilines is 4. The van der Waals surface area contributed by atoms with Gasteiger partial charge in [0, 0.05) is 46.8 Å². The maximum absolute atomic E-state index is 12.7. The van der Waals surface area contributed by atoms with Gasteiger partial charge >= 0.3 is 0 Å². The van der Waals surface area contributed by atoms with Gasteiger partial charge in [-0.05, 0) is 76.3 Å². The smallest absolute Gasteiger partial charge is 0.255 e. The molecule has 4 aromatic rings. The summed E-state index contributed by atoms with van der Waals surface area (Å²) in [5.74, 6) is 0.898. The highest BCUT2D eigenvalue weighted by molar-refractivity contribution is 6.35. The molecule has 194 valence electrons. The van der Waals surface area contributed by atoms with Gasteiger partial charge in [-0.25, -0.2) is 9.67 Å². The minimum atomic E-state index is -0.308. The first-order valence-electron chi connectivity index (χ1n) is 11.9. The average Bonchev–Trinajstić information content (AvgIpc) is 3.14. The lowest BCUT2D eigenvalue weighted by atomic mass is 10.1. The summed E-state index contributed by atoms with van der Waals surface area (Å²) in [7, 11) is 5.99. The molecule has 0 unspecified atom stereocenters. The maximum Gasteiger partial charge on any atom is 0.255 e. The molecular weight excluding hydrogens is 511 g/mol. The van der Waals surface area contributed by atoms with Crippen LogP contribution in [0.15, 0.2) is 42.6 Å². The normalized spacial score (nSPS) is 11.2. The molecule has 0 aliphatic heterocycles. The zero-order valence-electron chi connectivity index (χ0n) is 21.3. The van der Waals surface area contributed by atoms with Crippen molar-refractivity contribution in [1.82, 2.24) is 24.6 Å². The zero-order chi connectivity index (χ0) is 26.5. The fraction of sp³-hybridized carbons (Fsp3) is 0.308. The van der Waals surface area contributed by atoms with Crippen LogP contribution in [-0.2, 0) is 7.05 Å². The molecule has 1 amide bonds. The first-order valence-corrected chi connectivity index (χ1v) is 12.7. The van der Waals surface area contributed by atoms with E-state index >= 15 is 0 Å². The van der Waals surface area contributed by atoms with Crippen LogP contribution in [0.25, 0.3) is 11.0 Å². The van der Waals surface area contributed by atoms with E-state index in [1.165, 1.54) is 0 Å². The van der Waals surface area contributed by atoms with Crippen LogP contribution in [0.1, 0.15) is 28.8 Å². The summed E-state index contributed by atoms with van der Waals surface area (Å²) in [6.07, 6.45) is 3.91. The molecule has 0 saturated carbocycles. The molecule has 11 heteroatoms. The number of nitrogens with one attached hydrogen (secondary N) is 3. The predicted octanol–water partition coefficient (Wildman–Crippen LogP) is 5.73. The third kappa shape index (κ3) is 6.88. The lowest BCUT2D eigenvalue weighted by molar-refractivity contribution is 0.102. The second-order valence-electron chi connectivity index (χ2n) is 9.11. The van der Waals surface area contributed by atoms with Gasteiger partial charge in [-0.15, -0.1) is 0 Å². The molecule has 37 heavy (non-hydrogen) atoms. The average molecular weight is 541 g/mol. The number of halogens is 2. The molecule has 0 radical (unpaired) electrons. The van der Waals surface area contributed by atoms with Crippen molar-refractivity contribution >= 4 is 63.3 Å². The largest absolute Gasteiger partial charge is 0.354 e. The van der Waals surface area contributed by atoms with Crippen molar-refractivity contribution in [2.75, 3.05) is 43.1 Å². The van der Waals surface area contributed by atoms with Gasteiger partial charge in [0.05, 0.1) is 5.39 Å². The quantitative estimate of drug-likeness (QED) is 0.221. The van der Waals surface area contributed by atoms with Crippen molar-refractivity contribution < 1.29 is 4.79 Å². The van der Waals surface area contributed by atoms with Crippen LogP contribution in [0.4, 0.5) is 23.1 Å². The van der Waals surface area contributed by atoms with Gasteiger partial charge in [0.1, 0.15) is 0 Å². The van der Waals surface area contributed by atoms with Gasteiger partial charge in [-0.3, -0.25) is 4.79 Å². The van der Waals surface area contributed by atoms with Crippen molar-refractivity contribution in [2.24, 2.45) is 7.05 Å². The summed E-state index contributed by atoms with van der Waals surface area (Å²) in [5, 5.41) is 15.8. The predicted molar refractivity (Wildman–Crippen MR) is 151 cm³/mol. The Hall–Kier alpha value is -3.40. The lowest BCUT2D eigenvalue weighted by Crippen LogP contribution is -2.14. The van der Waals surface area contributed by atoms with E-state index in [2.05, 4.69) is 50.0 Å². The zero-order valence-corrected chi connectivity index (χ0v) is 22.8. The number of unbranched alkanes of at least 4 members (excludes halogenated alkanes) is 1. The Bertz CT molecular complexity index is 1400. The van der Waals surface area contributed by atoms with E-state index in [0.717, 1.165) is 42.6 Å². The van der Waals surface area contributed by atoms with Crippen molar-refractivity contribution in [3.63, 3.8) is 0 Å². The van der Waals surface area contributed by atoms with E-state index in [0.29, 0.717) is 38.7 Å². The molecule has 0 spiro atoms. The minimum Gasteiger partial charge on any atom is -0.354 e. The van der Waals surface area contributed by atoms with E-state index in [-0.39, 0.29) is 5.91 Å². The number of benzene rings is 2. The van der Waals surface area contributed by atoms with Gasteiger partial charge in [0.25, 0.3) is 5.91 Å². The fourth-order valence-electron chi connectivity index (χ4n) is 3.82. The van der Waals surface area contributed by atoms with Gasteiger partial charge in [0.15, 0.2) is 11.5 Å². The second-order valence-corrected chi connectivity index (χ2v) is 9.98. The first kappa shape index (κ1) is 26.7. The van der Waals surface area contributed by atoms with E-state index in [1.807, 2.05) is 32.2 Å². The highest BCUT2D eigenvalue weighted by Crippen LogP contribution is 2.29. The SMILES string of the molecule is Cc1ccc(NC(=O)c2cc(Cl)cc(Cl)c2)cc1Nc1nn(C)c2nc(NCCCCN(C)C)ncc12. The van der Waals surface area contributed by atoms with E-state index < -0.39 is 0 Å². The van der Waals surface area contributed by atoms with Crippen molar-refractivity contribution in [2.45, 2.75) is 19.8 Å². The monoisotopic (exact) mass is 540 g/mol. The number of rotatable bonds is 10. The topological polar surface area (TPSA) is 100 Å². The number of hydrogen-bond acceptors (Lipinski definition) is 7. The molecule has 0 aliphatic carbocycles. The number of hydrogen-bond donors (Lipinski definition) is 3. The van der Waals surface area contributed by atoms with Crippen LogP contribution in [0.2, 0.25) is 10.0 Å². The van der Waals surface area contributed by atoms with Crippen molar-refractivity contribution in [3.05, 3.63) is 63.8 Å². The molecular formula is C26H30Cl2N8O. The lowest BCUT2D eigenvalue weighted by Gasteiger charge is -2.12. The van der Waals surface area contributed by atoms with E-state index in [4.69, 9.17) is 23.2 Å². The highest BCUT2D eigenvalue weighted by Gasteiger charge is 2.14. The summed E-state index contributed by atoms with van der Waals surface area (Å²) in [6, 6.07) is 10.3. The Morgan fingerprint density at radius 1 is 1.08 bits per heavy atom. The van der Waals surface area contributed by atoms with Crippen LogP contribution < -0.4 is 16.0 Å². The fourth-order valence-corrected chi connectivity index (χ4v) is 4.34. The Balaban J connectivity index is 1.48. The van der Waals surface area contributed by atoms with Gasteiger partial charge in [-0.1, -0.05) is 29.3 Å². The molecule has 9 nitrogen and oxygen atoms in total. The number of nitrogens with zero attached hydrogens (tertiary/aromatic N) is 5. The van der Waals surface area contributed by atoms with Crippen LogP contribution in [0.5, 0.6) is 0 Å². The maximum atomic E-state index is 12.7. The minimum absolute atomic E-state index is 0.308. The number of fused-ring (bicyclic) bond motifs is 1. The second kappa shape index (κ2) is 11.8. The molecule has 0 fully saturated rings. The molecule has 2 heterocycles. The molecule has 0 saturated heterocycles. The molecule has 2 aromatic heterocycles. The first-order chi connectivity index (χ1) is 17.7. The van der Waals surface area contributed by atoms with Crippen molar-refractivity contribution in [1.29, 1.82) is 0 Å². The highest BCUT2D eigenvalue weighted by atomic mass is 35.5. The summed E-state index contributed by atoms with van der Waals surface area (Å²) < 4.78 is 1.72. The Labute approximate surface area is 226 Å². The molecule has 4 rings (SSSR count). The Kier molecular flexibility index (Phi) is 8.48. The number of amides is 1. The Morgan fingerprint density at radius 3 is 2.57 bits per heavy atom. The third-order valence-electron chi connectivity index (χ3n) is 5.77. The summed E-state index contributed by atoms with van der Waals surface area (Å²) in [5.41, 5.74) is 3.49. The van der Waals surface area contributed by atoms with E-state index in [9.17, 15) is 4.79 Å². The molecule has 3 N–H and O–H groups in total. The number of carbonyl (C=O) groups excluding carboxylic acids is 1. The van der Waals surface area contributed by atoms with Crippen LogP contribution in [0, 0.1) is 6.92 Å². The van der Waals surface area contributed by atoms with Crippen molar-refractivity contribution in [3.8, 4) is 0 Å². The molecule has 0 bridgehead atoms. The number of aryl methyl sites for hydroxylation is 2. The van der Waals surface area contributed by atoms with Gasteiger partial charge in [-0.2, -0.15) is 10.1 Å². The van der Waals surface area contributed by atoms with E-state index in [1.54, 1.807) is 29.1 Å². The van der Waals surface area contributed by atoms with Crippen LogP contribution >= 0.6 is 23.2 Å². The van der Waals surface area contributed by atoms with Crippen LogP contribution in [0.3, 0.4) is 0 Å². The summed E-state index contributed by atoms with van der Waals surface area (Å²) in [4.78, 5) is 24.0. The van der Waals surface area contributed by atoms with Crippen LogP contribution in [-0.4, -0.2) is 57.7 Å². The summed E-state index contributed by atoms with van der Waals surface area (Å²) >= 11 is 12.1. The molecule has 2 aromatic carbocycles. The third-order valence-corrected chi connectivity index (χ3v) is 6.21. The van der Waals surface area contributed by atoms with Gasteiger partial charge in [0.2, 0.25) is 5.95 Å². The molecule has 0 aliphatic rings. The summed E-state index contributed by atoms with van der Waals surface area (Å²) in [6.45, 7) is 3.84. The Morgan fingerprint density at radius 2 is 1.84 bits per heavy atom.